The van der Waals surface area contributed by atoms with Gasteiger partial charge < -0.3 is 14.5 Å². The van der Waals surface area contributed by atoms with Gasteiger partial charge in [-0.15, -0.1) is 0 Å². The van der Waals surface area contributed by atoms with Crippen molar-refractivity contribution in [1.29, 1.82) is 0 Å². The van der Waals surface area contributed by atoms with Crippen molar-refractivity contribution in [2.45, 2.75) is 13.0 Å². The Morgan fingerprint density at radius 3 is 2.81 bits per heavy atom. The third kappa shape index (κ3) is 4.71. The number of nitrogens with one attached hydrogen (secondary N) is 1. The minimum Gasteiger partial charge on any atom is -0.449 e. The molecule has 0 unspecified atom stereocenters. The van der Waals surface area contributed by atoms with Crippen LogP contribution in [0.15, 0.2) is 53.0 Å². The quantitative estimate of drug-likeness (QED) is 0.523. The molecule has 1 amide bonds. The molecule has 0 aliphatic heterocycles. The molecule has 1 N–H and O–H groups in total. The smallest absolute Gasteiger partial charge is 0.331 e. The van der Waals surface area contributed by atoms with Gasteiger partial charge in [-0.2, -0.15) is 0 Å². The number of hydrogen-bond donors (Lipinski definition) is 1. The van der Waals surface area contributed by atoms with Gasteiger partial charge in [0.25, 0.3) is 5.91 Å². The number of rotatable bonds is 5. The molecular weight excluding hydrogens is 375 g/mol. The Kier molecular flexibility index (Phi) is 5.52. The van der Waals surface area contributed by atoms with E-state index in [1.807, 2.05) is 12.1 Å². The normalized spacial score (nSPS) is 12.3. The minimum absolute atomic E-state index is 0.0396. The second kappa shape index (κ2) is 8.01. The number of para-hydroxylation sites is 2. The van der Waals surface area contributed by atoms with Crippen LogP contribution in [0.4, 0.5) is 10.1 Å². The summed E-state index contributed by atoms with van der Waals surface area (Å²) in [5.41, 5.74) is 1.47. The average molecular weight is 389 g/mol. The standard InChI is InChI=1S/C19H14ClFN2O4/c1-11(19(25)23-14-7-6-12(21)10-13(14)20)26-18(24)9-8-17-22-15-4-2-3-5-16(15)27-17/h2-11H,1H3,(H,23,25)/b9-8+/t11-/m1/s1. The Hall–Kier alpha value is -3.19. The molecule has 0 radical (unpaired) electrons. The summed E-state index contributed by atoms with van der Waals surface area (Å²) in [5, 5.41) is 2.50. The average Bonchev–Trinajstić information content (AvgIpc) is 3.05. The van der Waals surface area contributed by atoms with Crippen molar-refractivity contribution in [1.82, 2.24) is 4.98 Å². The fraction of sp³-hybridized carbons (Fsp3) is 0.105. The molecule has 0 spiro atoms. The maximum atomic E-state index is 13.0. The van der Waals surface area contributed by atoms with E-state index in [0.29, 0.717) is 11.1 Å². The lowest BCUT2D eigenvalue weighted by molar-refractivity contribution is -0.148. The molecule has 27 heavy (non-hydrogen) atoms. The van der Waals surface area contributed by atoms with Gasteiger partial charge in [-0.05, 0) is 37.3 Å². The van der Waals surface area contributed by atoms with Crippen molar-refractivity contribution in [3.63, 3.8) is 0 Å². The largest absolute Gasteiger partial charge is 0.449 e. The van der Waals surface area contributed by atoms with E-state index in [-0.39, 0.29) is 16.6 Å². The first-order chi connectivity index (χ1) is 12.9. The number of carbonyl (C=O) groups excluding carboxylic acids is 2. The number of halogens is 2. The number of amides is 1. The highest BCUT2D eigenvalue weighted by Gasteiger charge is 2.18. The van der Waals surface area contributed by atoms with Crippen LogP contribution in [0, 0.1) is 5.82 Å². The molecule has 138 valence electrons. The highest BCUT2D eigenvalue weighted by Crippen LogP contribution is 2.22. The van der Waals surface area contributed by atoms with Crippen LogP contribution in [-0.4, -0.2) is 23.0 Å². The number of benzene rings is 2. The van der Waals surface area contributed by atoms with Gasteiger partial charge in [0.15, 0.2) is 11.7 Å². The summed E-state index contributed by atoms with van der Waals surface area (Å²) in [4.78, 5) is 28.1. The number of nitrogens with zero attached hydrogens (tertiary/aromatic N) is 1. The molecule has 1 aromatic heterocycles. The van der Waals surface area contributed by atoms with Crippen LogP contribution >= 0.6 is 11.6 Å². The number of esters is 1. The molecule has 1 heterocycles. The third-order valence-electron chi connectivity index (χ3n) is 3.52. The lowest BCUT2D eigenvalue weighted by atomic mass is 10.3. The first kappa shape index (κ1) is 18.6. The van der Waals surface area contributed by atoms with Crippen molar-refractivity contribution in [2.75, 3.05) is 5.32 Å². The van der Waals surface area contributed by atoms with Crippen molar-refractivity contribution in [3.05, 3.63) is 65.3 Å². The predicted molar refractivity (Wildman–Crippen MR) is 98.6 cm³/mol. The van der Waals surface area contributed by atoms with Gasteiger partial charge in [0, 0.05) is 12.2 Å². The molecule has 0 bridgehead atoms. The van der Waals surface area contributed by atoms with Crippen molar-refractivity contribution >= 4 is 46.3 Å². The third-order valence-corrected chi connectivity index (χ3v) is 3.84. The molecule has 2 aromatic carbocycles. The second-order valence-corrected chi connectivity index (χ2v) is 5.95. The van der Waals surface area contributed by atoms with Gasteiger partial charge in [-0.25, -0.2) is 14.2 Å². The van der Waals surface area contributed by atoms with E-state index in [2.05, 4.69) is 10.3 Å². The monoisotopic (exact) mass is 388 g/mol. The Morgan fingerprint density at radius 1 is 1.30 bits per heavy atom. The fourth-order valence-electron chi connectivity index (χ4n) is 2.19. The molecule has 0 fully saturated rings. The van der Waals surface area contributed by atoms with Gasteiger partial charge in [0.2, 0.25) is 5.89 Å². The number of oxazole rings is 1. The minimum atomic E-state index is -1.09. The maximum absolute atomic E-state index is 13.0. The number of aromatic nitrogens is 1. The lowest BCUT2D eigenvalue weighted by Gasteiger charge is -2.13. The van der Waals surface area contributed by atoms with Crippen LogP contribution in [0.3, 0.4) is 0 Å². The van der Waals surface area contributed by atoms with E-state index in [4.69, 9.17) is 20.8 Å². The SMILES string of the molecule is C[C@@H](OC(=O)/C=C/c1nc2ccccc2o1)C(=O)Nc1ccc(F)cc1Cl. The number of ether oxygens (including phenoxy) is 1. The van der Waals surface area contributed by atoms with E-state index < -0.39 is 23.8 Å². The van der Waals surface area contributed by atoms with Crippen LogP contribution in [0.1, 0.15) is 12.8 Å². The summed E-state index contributed by atoms with van der Waals surface area (Å²) in [6.45, 7) is 1.40. The lowest BCUT2D eigenvalue weighted by Crippen LogP contribution is -2.29. The number of fused-ring (bicyclic) bond motifs is 1. The van der Waals surface area contributed by atoms with E-state index >= 15 is 0 Å². The van der Waals surface area contributed by atoms with Gasteiger partial charge in [0.05, 0.1) is 10.7 Å². The molecule has 3 rings (SSSR count). The summed E-state index contributed by atoms with van der Waals surface area (Å²) < 4.78 is 23.5. The van der Waals surface area contributed by atoms with Crippen LogP contribution in [-0.2, 0) is 14.3 Å². The zero-order valence-corrected chi connectivity index (χ0v) is 14.9. The van der Waals surface area contributed by atoms with Gasteiger partial charge in [-0.3, -0.25) is 4.79 Å². The summed E-state index contributed by atoms with van der Waals surface area (Å²) in [6, 6.07) is 10.7. The Balaban J connectivity index is 1.58. The topological polar surface area (TPSA) is 81.4 Å². The number of carbonyl (C=O) groups is 2. The molecule has 0 aliphatic carbocycles. The van der Waals surface area contributed by atoms with E-state index in [1.54, 1.807) is 12.1 Å². The second-order valence-electron chi connectivity index (χ2n) is 5.55. The van der Waals surface area contributed by atoms with Crippen molar-refractivity contribution in [2.24, 2.45) is 0 Å². The molecular formula is C19H14ClFN2O4. The molecule has 3 aromatic rings. The van der Waals surface area contributed by atoms with E-state index in [0.717, 1.165) is 18.2 Å². The Labute approximate surface area is 158 Å². The molecule has 0 saturated carbocycles. The van der Waals surface area contributed by atoms with E-state index in [9.17, 15) is 14.0 Å². The van der Waals surface area contributed by atoms with Gasteiger partial charge >= 0.3 is 5.97 Å². The summed E-state index contributed by atoms with van der Waals surface area (Å²) >= 11 is 5.84. The van der Waals surface area contributed by atoms with Crippen LogP contribution in [0.2, 0.25) is 5.02 Å². The number of hydrogen-bond acceptors (Lipinski definition) is 5. The van der Waals surface area contributed by atoms with Gasteiger partial charge in [-0.1, -0.05) is 23.7 Å². The first-order valence-corrected chi connectivity index (χ1v) is 8.30. The summed E-state index contributed by atoms with van der Waals surface area (Å²) in [7, 11) is 0. The highest BCUT2D eigenvalue weighted by molar-refractivity contribution is 6.33. The van der Waals surface area contributed by atoms with Crippen LogP contribution < -0.4 is 5.32 Å². The highest BCUT2D eigenvalue weighted by atomic mass is 35.5. The molecule has 0 aliphatic rings. The Morgan fingerprint density at radius 2 is 2.07 bits per heavy atom. The zero-order chi connectivity index (χ0) is 19.4. The van der Waals surface area contributed by atoms with E-state index in [1.165, 1.54) is 19.1 Å². The molecule has 1 atom stereocenters. The molecule has 0 saturated heterocycles. The van der Waals surface area contributed by atoms with Crippen molar-refractivity contribution in [3.8, 4) is 0 Å². The molecule has 6 nitrogen and oxygen atoms in total. The zero-order valence-electron chi connectivity index (χ0n) is 14.1. The summed E-state index contributed by atoms with van der Waals surface area (Å²) in [6.07, 6.45) is 1.37. The van der Waals surface area contributed by atoms with Crippen molar-refractivity contribution < 1.29 is 23.1 Å². The number of anilines is 1. The Bertz CT molecular complexity index is 998. The van der Waals surface area contributed by atoms with Gasteiger partial charge in [0.1, 0.15) is 11.3 Å². The van der Waals surface area contributed by atoms with Crippen LogP contribution in [0.25, 0.3) is 17.2 Å². The maximum Gasteiger partial charge on any atom is 0.331 e. The summed E-state index contributed by atoms with van der Waals surface area (Å²) in [5.74, 6) is -1.64. The first-order valence-electron chi connectivity index (χ1n) is 7.92. The predicted octanol–water partition coefficient (Wildman–Crippen LogP) is 4.20. The fourth-order valence-corrected chi connectivity index (χ4v) is 2.41. The molecule has 8 heteroatoms. The van der Waals surface area contributed by atoms with Crippen LogP contribution in [0.5, 0.6) is 0 Å².